The SMILES string of the molecule is CCC(=O)N[C@H]1CC[C@@H](N(C)C(=O)c2ccc(C#Cc3ccncc3)cc2)C1. The van der Waals surface area contributed by atoms with Gasteiger partial charge in [0.15, 0.2) is 0 Å². The maximum absolute atomic E-state index is 12.8. The third-order valence-electron chi connectivity index (χ3n) is 5.12. The van der Waals surface area contributed by atoms with Crippen LogP contribution in [0.4, 0.5) is 0 Å². The van der Waals surface area contributed by atoms with Crippen LogP contribution in [0.15, 0.2) is 48.8 Å². The van der Waals surface area contributed by atoms with Gasteiger partial charge in [-0.05, 0) is 55.7 Å². The van der Waals surface area contributed by atoms with Gasteiger partial charge in [-0.1, -0.05) is 18.8 Å². The molecule has 3 rings (SSSR count). The fraction of sp³-hybridized carbons (Fsp3) is 0.348. The number of hydrogen-bond donors (Lipinski definition) is 1. The normalized spacial score (nSPS) is 18.1. The van der Waals surface area contributed by atoms with E-state index in [2.05, 4.69) is 22.1 Å². The predicted octanol–water partition coefficient (Wildman–Crippen LogP) is 3.00. The highest BCUT2D eigenvalue weighted by Gasteiger charge is 2.30. The summed E-state index contributed by atoms with van der Waals surface area (Å²) in [5.74, 6) is 6.25. The van der Waals surface area contributed by atoms with Crippen molar-refractivity contribution in [1.82, 2.24) is 15.2 Å². The number of nitrogens with zero attached hydrogens (tertiary/aromatic N) is 2. The average molecular weight is 375 g/mol. The van der Waals surface area contributed by atoms with Gasteiger partial charge in [-0.25, -0.2) is 0 Å². The fourth-order valence-corrected chi connectivity index (χ4v) is 3.42. The maximum atomic E-state index is 12.8. The maximum Gasteiger partial charge on any atom is 0.253 e. The van der Waals surface area contributed by atoms with Crippen LogP contribution in [-0.4, -0.2) is 40.8 Å². The van der Waals surface area contributed by atoms with E-state index in [-0.39, 0.29) is 23.9 Å². The van der Waals surface area contributed by atoms with Gasteiger partial charge < -0.3 is 10.2 Å². The standard InChI is InChI=1S/C23H25N3O2/c1-3-22(27)25-20-10-11-21(16-20)26(2)23(28)19-8-6-17(7-9-19)4-5-18-12-14-24-15-13-18/h6-9,12-15,20-21H,3,10-11,16H2,1-2H3,(H,25,27)/t20-,21+/m0/s1. The van der Waals surface area contributed by atoms with E-state index in [1.807, 2.05) is 50.4 Å². The molecule has 1 N–H and O–H groups in total. The van der Waals surface area contributed by atoms with Crippen LogP contribution in [0.1, 0.15) is 54.1 Å². The van der Waals surface area contributed by atoms with Crippen molar-refractivity contribution in [3.05, 3.63) is 65.5 Å². The van der Waals surface area contributed by atoms with E-state index in [0.717, 1.165) is 30.4 Å². The van der Waals surface area contributed by atoms with Gasteiger partial charge in [0.25, 0.3) is 5.91 Å². The molecular weight excluding hydrogens is 350 g/mol. The van der Waals surface area contributed by atoms with Crippen LogP contribution in [0.5, 0.6) is 0 Å². The van der Waals surface area contributed by atoms with Crippen molar-refractivity contribution in [2.45, 2.75) is 44.7 Å². The molecule has 1 heterocycles. The highest BCUT2D eigenvalue weighted by atomic mass is 16.2. The monoisotopic (exact) mass is 375 g/mol. The van der Waals surface area contributed by atoms with E-state index in [4.69, 9.17) is 0 Å². The molecule has 1 saturated carbocycles. The Kier molecular flexibility index (Phi) is 6.44. The number of aromatic nitrogens is 1. The minimum Gasteiger partial charge on any atom is -0.353 e. The summed E-state index contributed by atoms with van der Waals surface area (Å²) in [6, 6.07) is 11.4. The molecule has 1 aliphatic rings. The van der Waals surface area contributed by atoms with Crippen LogP contribution >= 0.6 is 0 Å². The van der Waals surface area contributed by atoms with Gasteiger partial charge in [0, 0.05) is 54.6 Å². The number of hydrogen-bond acceptors (Lipinski definition) is 3. The van der Waals surface area contributed by atoms with E-state index >= 15 is 0 Å². The van der Waals surface area contributed by atoms with Crippen LogP contribution in [0, 0.1) is 11.8 Å². The average Bonchev–Trinajstić information content (AvgIpc) is 3.20. The van der Waals surface area contributed by atoms with Crippen molar-refractivity contribution in [3.8, 4) is 11.8 Å². The minimum atomic E-state index is 0.00103. The van der Waals surface area contributed by atoms with E-state index < -0.39 is 0 Å². The molecule has 2 aromatic rings. The molecule has 2 amide bonds. The number of benzene rings is 1. The molecule has 1 aromatic heterocycles. The second-order valence-corrected chi connectivity index (χ2v) is 7.06. The Morgan fingerprint density at radius 3 is 2.36 bits per heavy atom. The van der Waals surface area contributed by atoms with E-state index in [0.29, 0.717) is 12.0 Å². The van der Waals surface area contributed by atoms with Crippen LogP contribution in [0.3, 0.4) is 0 Å². The molecule has 0 saturated heterocycles. The molecule has 28 heavy (non-hydrogen) atoms. The molecular formula is C23H25N3O2. The molecule has 1 aliphatic carbocycles. The zero-order valence-corrected chi connectivity index (χ0v) is 16.3. The van der Waals surface area contributed by atoms with Gasteiger partial charge in [0.2, 0.25) is 5.91 Å². The first-order valence-corrected chi connectivity index (χ1v) is 9.65. The summed E-state index contributed by atoms with van der Waals surface area (Å²) in [6.07, 6.45) is 6.55. The number of nitrogens with one attached hydrogen (secondary N) is 1. The zero-order chi connectivity index (χ0) is 19.9. The fourth-order valence-electron chi connectivity index (χ4n) is 3.42. The number of carbonyl (C=O) groups is 2. The first-order valence-electron chi connectivity index (χ1n) is 9.65. The Labute approximate surface area is 166 Å². The lowest BCUT2D eigenvalue weighted by Crippen LogP contribution is -2.38. The van der Waals surface area contributed by atoms with Gasteiger partial charge >= 0.3 is 0 Å². The van der Waals surface area contributed by atoms with Gasteiger partial charge in [0.05, 0.1) is 0 Å². The van der Waals surface area contributed by atoms with E-state index in [1.165, 1.54) is 0 Å². The van der Waals surface area contributed by atoms with Crippen molar-refractivity contribution in [2.75, 3.05) is 7.05 Å². The van der Waals surface area contributed by atoms with E-state index in [9.17, 15) is 9.59 Å². The second-order valence-electron chi connectivity index (χ2n) is 7.06. The zero-order valence-electron chi connectivity index (χ0n) is 16.3. The van der Waals surface area contributed by atoms with Crippen molar-refractivity contribution >= 4 is 11.8 Å². The highest BCUT2D eigenvalue weighted by Crippen LogP contribution is 2.24. The first kappa shape index (κ1) is 19.6. The third-order valence-corrected chi connectivity index (χ3v) is 5.12. The summed E-state index contributed by atoms with van der Waals surface area (Å²) in [6.45, 7) is 1.85. The number of amides is 2. The molecule has 0 aliphatic heterocycles. The summed E-state index contributed by atoms with van der Waals surface area (Å²) >= 11 is 0. The molecule has 0 radical (unpaired) electrons. The number of carbonyl (C=O) groups excluding carboxylic acids is 2. The summed E-state index contributed by atoms with van der Waals surface area (Å²) in [5, 5.41) is 3.03. The van der Waals surface area contributed by atoms with Gasteiger partial charge in [-0.2, -0.15) is 0 Å². The molecule has 0 bridgehead atoms. The van der Waals surface area contributed by atoms with E-state index in [1.54, 1.807) is 17.3 Å². The molecule has 144 valence electrons. The smallest absolute Gasteiger partial charge is 0.253 e. The molecule has 0 spiro atoms. The predicted molar refractivity (Wildman–Crippen MR) is 109 cm³/mol. The largest absolute Gasteiger partial charge is 0.353 e. The molecule has 1 fully saturated rings. The summed E-state index contributed by atoms with van der Waals surface area (Å²) < 4.78 is 0. The van der Waals surface area contributed by atoms with Crippen LogP contribution in [0.2, 0.25) is 0 Å². The third kappa shape index (κ3) is 4.98. The lowest BCUT2D eigenvalue weighted by atomic mass is 10.1. The lowest BCUT2D eigenvalue weighted by molar-refractivity contribution is -0.121. The highest BCUT2D eigenvalue weighted by molar-refractivity contribution is 5.94. The summed E-state index contributed by atoms with van der Waals surface area (Å²) in [4.78, 5) is 30.1. The Morgan fingerprint density at radius 1 is 1.07 bits per heavy atom. The minimum absolute atomic E-state index is 0.00103. The molecule has 1 aromatic carbocycles. The number of rotatable bonds is 4. The van der Waals surface area contributed by atoms with Gasteiger partial charge in [-0.15, -0.1) is 0 Å². The van der Waals surface area contributed by atoms with Crippen LogP contribution in [0.25, 0.3) is 0 Å². The Morgan fingerprint density at radius 2 is 1.71 bits per heavy atom. The Balaban J connectivity index is 1.60. The van der Waals surface area contributed by atoms with Crippen molar-refractivity contribution in [2.24, 2.45) is 0 Å². The van der Waals surface area contributed by atoms with Crippen molar-refractivity contribution in [1.29, 1.82) is 0 Å². The van der Waals surface area contributed by atoms with Gasteiger partial charge in [-0.3, -0.25) is 14.6 Å². The topological polar surface area (TPSA) is 62.3 Å². The Bertz CT molecular complexity index is 882. The second kappa shape index (κ2) is 9.18. The quantitative estimate of drug-likeness (QED) is 0.836. The van der Waals surface area contributed by atoms with Crippen LogP contribution < -0.4 is 5.32 Å². The number of pyridine rings is 1. The van der Waals surface area contributed by atoms with Crippen LogP contribution in [-0.2, 0) is 4.79 Å². The summed E-state index contributed by atoms with van der Waals surface area (Å²) in [7, 11) is 1.84. The van der Waals surface area contributed by atoms with Gasteiger partial charge in [0.1, 0.15) is 0 Å². The molecule has 0 unspecified atom stereocenters. The van der Waals surface area contributed by atoms with Crippen molar-refractivity contribution < 1.29 is 9.59 Å². The molecule has 5 nitrogen and oxygen atoms in total. The molecule has 2 atom stereocenters. The summed E-state index contributed by atoms with van der Waals surface area (Å²) in [5.41, 5.74) is 2.41. The first-order chi connectivity index (χ1) is 13.6. The molecule has 5 heteroatoms. The Hall–Kier alpha value is -3.13. The van der Waals surface area contributed by atoms with Crippen molar-refractivity contribution in [3.63, 3.8) is 0 Å². The lowest BCUT2D eigenvalue weighted by Gasteiger charge is -2.25.